The minimum absolute atomic E-state index is 0.0317. The number of halogens is 1. The Kier molecular flexibility index (Phi) is 6.29. The van der Waals surface area contributed by atoms with Gasteiger partial charge in [-0.3, -0.25) is 4.79 Å². The van der Waals surface area contributed by atoms with E-state index in [-0.39, 0.29) is 30.7 Å². The van der Waals surface area contributed by atoms with Crippen LogP contribution in [0.1, 0.15) is 20.3 Å². The van der Waals surface area contributed by atoms with E-state index in [0.29, 0.717) is 18.8 Å². The molecule has 0 aliphatic rings. The smallest absolute Gasteiger partial charge is 0.224 e. The highest BCUT2D eigenvalue weighted by molar-refractivity contribution is 5.77. The number of rotatable bonds is 7. The Morgan fingerprint density at radius 3 is 2.53 bits per heavy atom. The zero-order valence-electron chi connectivity index (χ0n) is 11.5. The number of benzene rings is 1. The van der Waals surface area contributed by atoms with Gasteiger partial charge >= 0.3 is 0 Å². The Hall–Kier alpha value is -1.62. The predicted molar refractivity (Wildman–Crippen MR) is 75.4 cm³/mol. The van der Waals surface area contributed by atoms with Crippen molar-refractivity contribution >= 4 is 11.6 Å². The lowest BCUT2D eigenvalue weighted by molar-refractivity contribution is -0.131. The summed E-state index contributed by atoms with van der Waals surface area (Å²) in [6.07, 6.45) is 0.270. The van der Waals surface area contributed by atoms with Crippen LogP contribution in [0.25, 0.3) is 0 Å². The lowest BCUT2D eigenvalue weighted by Crippen LogP contribution is -2.38. The van der Waals surface area contributed by atoms with Gasteiger partial charge in [0.2, 0.25) is 5.91 Å². The number of anilines is 1. The van der Waals surface area contributed by atoms with Crippen molar-refractivity contribution in [3.05, 3.63) is 30.1 Å². The largest absolute Gasteiger partial charge is 0.378 e. The quantitative estimate of drug-likeness (QED) is 0.792. The summed E-state index contributed by atoms with van der Waals surface area (Å²) in [4.78, 5) is 13.7. The highest BCUT2D eigenvalue weighted by Gasteiger charge is 2.17. The Bertz CT molecular complexity index is 407. The number of carbonyl (C=O) groups excluding carboxylic acids is 1. The van der Waals surface area contributed by atoms with Gasteiger partial charge in [0.1, 0.15) is 5.82 Å². The molecule has 106 valence electrons. The summed E-state index contributed by atoms with van der Waals surface area (Å²) in [5.41, 5.74) is 6.03. The van der Waals surface area contributed by atoms with Crippen LogP contribution in [0.4, 0.5) is 10.1 Å². The Morgan fingerprint density at radius 1 is 1.37 bits per heavy atom. The van der Waals surface area contributed by atoms with E-state index < -0.39 is 0 Å². The first kappa shape index (κ1) is 15.4. The second kappa shape index (κ2) is 7.74. The van der Waals surface area contributed by atoms with Gasteiger partial charge in [0.15, 0.2) is 0 Å². The van der Waals surface area contributed by atoms with Crippen LogP contribution in [0.2, 0.25) is 0 Å². The maximum atomic E-state index is 13.5. The Labute approximate surface area is 113 Å². The van der Waals surface area contributed by atoms with Crippen LogP contribution in [0.3, 0.4) is 0 Å². The summed E-state index contributed by atoms with van der Waals surface area (Å²) in [6.45, 7) is 5.49. The summed E-state index contributed by atoms with van der Waals surface area (Å²) < 4.78 is 13.5. The molecule has 0 aromatic heterocycles. The molecular formula is C14H22FN3O. The van der Waals surface area contributed by atoms with Crippen molar-refractivity contribution in [1.82, 2.24) is 4.90 Å². The van der Waals surface area contributed by atoms with Gasteiger partial charge < -0.3 is 16.0 Å². The topological polar surface area (TPSA) is 58.4 Å². The summed E-state index contributed by atoms with van der Waals surface area (Å²) in [5.74, 6) is -0.305. The maximum absolute atomic E-state index is 13.5. The molecule has 5 heteroatoms. The van der Waals surface area contributed by atoms with Crippen molar-refractivity contribution in [1.29, 1.82) is 0 Å². The fourth-order valence-corrected chi connectivity index (χ4v) is 1.91. The van der Waals surface area contributed by atoms with Gasteiger partial charge in [0, 0.05) is 32.1 Å². The third kappa shape index (κ3) is 4.52. The van der Waals surface area contributed by atoms with Gasteiger partial charge in [-0.15, -0.1) is 0 Å². The first-order chi connectivity index (χ1) is 9.12. The number of carbonyl (C=O) groups is 1. The van der Waals surface area contributed by atoms with Gasteiger partial charge in [-0.2, -0.15) is 0 Å². The van der Waals surface area contributed by atoms with E-state index >= 15 is 0 Å². The van der Waals surface area contributed by atoms with E-state index in [0.717, 1.165) is 0 Å². The van der Waals surface area contributed by atoms with Gasteiger partial charge in [-0.05, 0) is 26.0 Å². The number of nitrogens with two attached hydrogens (primary N) is 1. The number of hydrogen-bond donors (Lipinski definition) is 2. The molecule has 0 aliphatic carbocycles. The second-order valence-electron chi connectivity index (χ2n) is 4.33. The molecule has 0 fully saturated rings. The highest BCUT2D eigenvalue weighted by atomic mass is 19.1. The van der Waals surface area contributed by atoms with Crippen LogP contribution in [0.5, 0.6) is 0 Å². The molecule has 0 saturated carbocycles. The molecule has 0 bridgehead atoms. The van der Waals surface area contributed by atoms with Crippen molar-refractivity contribution in [3.8, 4) is 0 Å². The van der Waals surface area contributed by atoms with Crippen LogP contribution in [-0.4, -0.2) is 36.5 Å². The van der Waals surface area contributed by atoms with Crippen molar-refractivity contribution in [2.24, 2.45) is 5.73 Å². The number of hydrogen-bond acceptors (Lipinski definition) is 3. The van der Waals surface area contributed by atoms with E-state index in [1.807, 2.05) is 13.8 Å². The lowest BCUT2D eigenvalue weighted by atomic mass is 10.1. The zero-order chi connectivity index (χ0) is 14.3. The van der Waals surface area contributed by atoms with Crippen LogP contribution in [0.15, 0.2) is 24.3 Å². The molecule has 1 aromatic carbocycles. The summed E-state index contributed by atoms with van der Waals surface area (Å²) in [6, 6.07) is 6.12. The maximum Gasteiger partial charge on any atom is 0.224 e. The van der Waals surface area contributed by atoms with E-state index in [2.05, 4.69) is 5.32 Å². The fraction of sp³-hybridized carbons (Fsp3) is 0.500. The lowest BCUT2D eigenvalue weighted by Gasteiger charge is -2.23. The molecule has 4 nitrogen and oxygen atoms in total. The average molecular weight is 267 g/mol. The van der Waals surface area contributed by atoms with Crippen LogP contribution < -0.4 is 11.1 Å². The first-order valence-electron chi connectivity index (χ1n) is 6.61. The van der Waals surface area contributed by atoms with Gasteiger partial charge in [0.25, 0.3) is 0 Å². The van der Waals surface area contributed by atoms with Gasteiger partial charge in [0.05, 0.1) is 5.69 Å². The monoisotopic (exact) mass is 267 g/mol. The van der Waals surface area contributed by atoms with Crippen molar-refractivity contribution in [2.45, 2.75) is 26.3 Å². The first-order valence-corrected chi connectivity index (χ1v) is 6.61. The number of nitrogens with one attached hydrogen (secondary N) is 1. The molecule has 1 aromatic rings. The summed E-state index contributed by atoms with van der Waals surface area (Å²) in [5, 5.41) is 2.98. The van der Waals surface area contributed by atoms with E-state index in [4.69, 9.17) is 5.73 Å². The highest BCUT2D eigenvalue weighted by Crippen LogP contribution is 2.14. The molecule has 0 heterocycles. The summed E-state index contributed by atoms with van der Waals surface area (Å²) >= 11 is 0. The Morgan fingerprint density at radius 2 is 2.00 bits per heavy atom. The fourth-order valence-electron chi connectivity index (χ4n) is 1.91. The molecule has 0 saturated heterocycles. The number of nitrogens with zero attached hydrogens (tertiary/aromatic N) is 1. The van der Waals surface area contributed by atoms with E-state index in [1.165, 1.54) is 6.07 Å². The number of amides is 1. The molecule has 0 spiro atoms. The standard InChI is InChI=1S/C14H22FN3O/c1-3-18(4-2)14(19)9-11(10-16)17-13-8-6-5-7-12(13)15/h5-8,11,17H,3-4,9-10,16H2,1-2H3. The van der Waals surface area contributed by atoms with Crippen LogP contribution >= 0.6 is 0 Å². The molecule has 1 unspecified atom stereocenters. The van der Waals surface area contributed by atoms with Gasteiger partial charge in [-0.1, -0.05) is 12.1 Å². The molecule has 0 aliphatic heterocycles. The van der Waals surface area contributed by atoms with E-state index in [1.54, 1.807) is 23.1 Å². The Balaban J connectivity index is 2.64. The predicted octanol–water partition coefficient (Wildman–Crippen LogP) is 1.82. The molecule has 19 heavy (non-hydrogen) atoms. The third-order valence-corrected chi connectivity index (χ3v) is 3.06. The van der Waals surface area contributed by atoms with Gasteiger partial charge in [-0.25, -0.2) is 4.39 Å². The minimum Gasteiger partial charge on any atom is -0.378 e. The molecule has 1 atom stereocenters. The summed E-state index contributed by atoms with van der Waals surface area (Å²) in [7, 11) is 0. The second-order valence-corrected chi connectivity index (χ2v) is 4.33. The zero-order valence-corrected chi connectivity index (χ0v) is 11.5. The third-order valence-electron chi connectivity index (χ3n) is 3.06. The van der Waals surface area contributed by atoms with Crippen molar-refractivity contribution < 1.29 is 9.18 Å². The van der Waals surface area contributed by atoms with Crippen LogP contribution in [-0.2, 0) is 4.79 Å². The molecular weight excluding hydrogens is 245 g/mol. The molecule has 0 radical (unpaired) electrons. The average Bonchev–Trinajstić information content (AvgIpc) is 2.41. The normalized spacial score (nSPS) is 12.0. The van der Waals surface area contributed by atoms with Crippen LogP contribution in [0, 0.1) is 5.82 Å². The number of para-hydroxylation sites is 1. The minimum atomic E-state index is -0.337. The van der Waals surface area contributed by atoms with E-state index in [9.17, 15) is 9.18 Å². The van der Waals surface area contributed by atoms with Crippen molar-refractivity contribution in [3.63, 3.8) is 0 Å². The molecule has 1 rings (SSSR count). The molecule has 1 amide bonds. The van der Waals surface area contributed by atoms with Crippen molar-refractivity contribution in [2.75, 3.05) is 25.0 Å². The SMILES string of the molecule is CCN(CC)C(=O)CC(CN)Nc1ccccc1F. The molecule has 3 N–H and O–H groups in total.